The van der Waals surface area contributed by atoms with Gasteiger partial charge in [0.05, 0.1) is 24.5 Å². The summed E-state index contributed by atoms with van der Waals surface area (Å²) in [5.41, 5.74) is 4.23. The van der Waals surface area contributed by atoms with Crippen LogP contribution in [-0.2, 0) is 23.8 Å². The number of aromatic hydroxyl groups is 1. The highest BCUT2D eigenvalue weighted by Crippen LogP contribution is 2.50. The summed E-state index contributed by atoms with van der Waals surface area (Å²) in [6.07, 6.45) is 7.49. The maximum atomic E-state index is 13.6. The van der Waals surface area contributed by atoms with Crippen LogP contribution in [0.15, 0.2) is 41.0 Å². The molecule has 3 N–H and O–H groups in total. The van der Waals surface area contributed by atoms with Gasteiger partial charge in [-0.1, -0.05) is 43.5 Å². The first-order valence-electron chi connectivity index (χ1n) is 14.8. The van der Waals surface area contributed by atoms with Gasteiger partial charge < -0.3 is 24.6 Å². The van der Waals surface area contributed by atoms with Crippen molar-refractivity contribution in [2.24, 2.45) is 17.8 Å². The minimum atomic E-state index is -1.03. The van der Waals surface area contributed by atoms with Crippen molar-refractivity contribution >= 4 is 31.0 Å². The molecule has 1 aliphatic carbocycles. The zero-order valence-electron chi connectivity index (χ0n) is 24.1. The molecule has 0 saturated carbocycles. The van der Waals surface area contributed by atoms with E-state index in [0.717, 1.165) is 36.0 Å². The average molecular weight is 567 g/mol. The minimum Gasteiger partial charge on any atom is -0.508 e. The number of carbonyl (C=O) groups is 3. The van der Waals surface area contributed by atoms with Gasteiger partial charge in [-0.2, -0.15) is 0 Å². The summed E-state index contributed by atoms with van der Waals surface area (Å²) >= 11 is 0. The number of fused-ring (bicyclic) bond motifs is 3. The number of methoxy groups -OCH3 is 1. The Balaban J connectivity index is 1.53. The molecular formula is C31H42BNO8. The van der Waals surface area contributed by atoms with Gasteiger partial charge in [-0.05, 0) is 79.6 Å². The maximum Gasteiger partial charge on any atom is 0.455 e. The van der Waals surface area contributed by atoms with Gasteiger partial charge in [0.15, 0.2) is 0 Å². The minimum absolute atomic E-state index is 0.0756. The molecule has 0 unspecified atom stereocenters. The molecule has 1 aromatic carbocycles. The Bertz CT molecular complexity index is 1160. The third kappa shape index (κ3) is 7.47. The van der Waals surface area contributed by atoms with Crippen molar-refractivity contribution in [3.63, 3.8) is 0 Å². The lowest BCUT2D eigenvalue weighted by atomic mass is 9.58. The zero-order valence-corrected chi connectivity index (χ0v) is 24.1. The number of carboxylic acids is 1. The number of allylic oxidation sites excluding steroid dienone is 1. The summed E-state index contributed by atoms with van der Waals surface area (Å²) < 4.78 is 11.6. The molecule has 0 aromatic heterocycles. The lowest BCUT2D eigenvalue weighted by molar-refractivity contribution is -0.141. The largest absolute Gasteiger partial charge is 0.508 e. The summed E-state index contributed by atoms with van der Waals surface area (Å²) in [5.74, 6) is -2.29. The van der Waals surface area contributed by atoms with E-state index in [-0.39, 0.29) is 48.9 Å². The first-order chi connectivity index (χ1) is 19.7. The number of unbranched alkanes of at least 4 members (excludes halogenated alkanes) is 2. The number of amides is 2. The van der Waals surface area contributed by atoms with Crippen molar-refractivity contribution < 1.29 is 39.0 Å². The van der Waals surface area contributed by atoms with Crippen molar-refractivity contribution in [1.29, 1.82) is 0 Å². The molecule has 41 heavy (non-hydrogen) atoms. The van der Waals surface area contributed by atoms with E-state index >= 15 is 0 Å². The number of phenols is 1. The van der Waals surface area contributed by atoms with Crippen LogP contribution in [0.4, 0.5) is 0 Å². The van der Waals surface area contributed by atoms with Gasteiger partial charge in [0.25, 0.3) is 0 Å². The molecule has 2 amide bonds. The second-order valence-electron chi connectivity index (χ2n) is 11.5. The highest BCUT2D eigenvalue weighted by Gasteiger charge is 2.57. The molecule has 1 aromatic rings. The normalized spacial score (nSPS) is 24.6. The molecule has 2 heterocycles. The molecule has 0 bridgehead atoms. The average Bonchev–Trinajstić information content (AvgIpc) is 3.17. The Labute approximate surface area is 242 Å². The molecule has 4 rings (SSSR count). The SMILES string of the molecule is CCC/C(=C\c1ccc(O)cc1)CC[C@H]1OB(O)C[C@H]2C1=C(COC)C[C@H]1C(=O)N(CCCCCC(=O)O)C(=O)[C@H]12. The Kier molecular flexibility index (Phi) is 10.8. The standard InChI is InChI=1S/C31H42BNO8/c1-3-7-20(16-21-9-12-23(34)13-10-21)11-14-26-28-22(19-40-2)17-24-29(25(28)18-32(39)41-26)31(38)33(30(24)37)15-6-4-5-8-27(35)36/h9-10,12-13,16,24-26,29,34,39H,3-8,11,14-15,17-19H2,1-2H3,(H,35,36)/b20-16+/t24-,25+,26-,29-/m1/s1. The van der Waals surface area contributed by atoms with Crippen molar-refractivity contribution in [3.8, 4) is 5.75 Å². The lowest BCUT2D eigenvalue weighted by Gasteiger charge is -2.43. The molecule has 2 fully saturated rings. The third-order valence-electron chi connectivity index (χ3n) is 8.55. The van der Waals surface area contributed by atoms with Gasteiger partial charge in [0.1, 0.15) is 5.75 Å². The number of hydrogen-bond acceptors (Lipinski definition) is 7. The fraction of sp³-hybridized carbons (Fsp3) is 0.581. The molecule has 4 atom stereocenters. The molecule has 0 radical (unpaired) electrons. The van der Waals surface area contributed by atoms with E-state index in [2.05, 4.69) is 13.0 Å². The van der Waals surface area contributed by atoms with Crippen LogP contribution in [0, 0.1) is 17.8 Å². The Morgan fingerprint density at radius 2 is 1.85 bits per heavy atom. The van der Waals surface area contributed by atoms with Crippen molar-refractivity contribution in [3.05, 3.63) is 46.5 Å². The van der Waals surface area contributed by atoms with Crippen LogP contribution in [-0.4, -0.2) is 71.4 Å². The van der Waals surface area contributed by atoms with E-state index in [4.69, 9.17) is 14.5 Å². The van der Waals surface area contributed by atoms with Crippen molar-refractivity contribution in [1.82, 2.24) is 4.90 Å². The highest BCUT2D eigenvalue weighted by atomic mass is 16.5. The number of imide groups is 1. The van der Waals surface area contributed by atoms with E-state index in [1.165, 1.54) is 10.5 Å². The maximum absolute atomic E-state index is 13.6. The molecule has 2 saturated heterocycles. The molecule has 222 valence electrons. The zero-order chi connectivity index (χ0) is 29.5. The molecule has 2 aliphatic heterocycles. The summed E-state index contributed by atoms with van der Waals surface area (Å²) in [4.78, 5) is 39.2. The Morgan fingerprint density at radius 1 is 1.10 bits per heavy atom. The van der Waals surface area contributed by atoms with E-state index in [1.54, 1.807) is 19.2 Å². The lowest BCUT2D eigenvalue weighted by Crippen LogP contribution is -2.46. The van der Waals surface area contributed by atoms with Gasteiger partial charge in [-0.3, -0.25) is 19.3 Å². The summed E-state index contributed by atoms with van der Waals surface area (Å²) in [5, 5.41) is 29.3. The number of aliphatic carboxylic acids is 1. The molecule has 9 nitrogen and oxygen atoms in total. The van der Waals surface area contributed by atoms with Crippen molar-refractivity contribution in [2.75, 3.05) is 20.3 Å². The Morgan fingerprint density at radius 3 is 2.54 bits per heavy atom. The van der Waals surface area contributed by atoms with Crippen LogP contribution in [0.5, 0.6) is 5.75 Å². The van der Waals surface area contributed by atoms with Crippen LogP contribution in [0.3, 0.4) is 0 Å². The first kappa shape index (κ1) is 31.0. The number of nitrogens with zero attached hydrogens (tertiary/aromatic N) is 1. The Hall–Kier alpha value is -2.95. The third-order valence-corrected chi connectivity index (χ3v) is 8.55. The van der Waals surface area contributed by atoms with Crippen LogP contribution in [0.1, 0.15) is 70.3 Å². The predicted octanol–water partition coefficient (Wildman–Crippen LogP) is 4.44. The fourth-order valence-corrected chi connectivity index (χ4v) is 6.79. The van der Waals surface area contributed by atoms with E-state index < -0.39 is 24.9 Å². The summed E-state index contributed by atoms with van der Waals surface area (Å²) in [7, 11) is 0.590. The van der Waals surface area contributed by atoms with Crippen LogP contribution in [0.2, 0.25) is 6.32 Å². The van der Waals surface area contributed by atoms with Gasteiger partial charge in [0, 0.05) is 20.1 Å². The summed E-state index contributed by atoms with van der Waals surface area (Å²) in [6, 6.07) is 7.09. The van der Waals surface area contributed by atoms with Gasteiger partial charge in [0.2, 0.25) is 11.8 Å². The number of carbonyl (C=O) groups excluding carboxylic acids is 2. The van der Waals surface area contributed by atoms with E-state index in [9.17, 15) is 24.5 Å². The number of hydrogen-bond donors (Lipinski definition) is 3. The first-order valence-corrected chi connectivity index (χ1v) is 14.8. The molecule has 0 spiro atoms. The van der Waals surface area contributed by atoms with Gasteiger partial charge >= 0.3 is 13.1 Å². The van der Waals surface area contributed by atoms with Gasteiger partial charge in [-0.25, -0.2) is 0 Å². The van der Waals surface area contributed by atoms with E-state index in [1.807, 2.05) is 12.1 Å². The number of rotatable bonds is 14. The second kappa shape index (κ2) is 14.3. The van der Waals surface area contributed by atoms with Crippen molar-refractivity contribution in [2.45, 2.75) is 77.1 Å². The second-order valence-corrected chi connectivity index (χ2v) is 11.5. The predicted molar refractivity (Wildman–Crippen MR) is 155 cm³/mol. The quantitative estimate of drug-likeness (QED) is 0.130. The molecular weight excluding hydrogens is 525 g/mol. The van der Waals surface area contributed by atoms with Crippen LogP contribution < -0.4 is 0 Å². The van der Waals surface area contributed by atoms with E-state index in [0.29, 0.717) is 38.7 Å². The van der Waals surface area contributed by atoms with Gasteiger partial charge in [-0.15, -0.1) is 0 Å². The number of benzene rings is 1. The fourth-order valence-electron chi connectivity index (χ4n) is 6.79. The monoisotopic (exact) mass is 567 g/mol. The highest BCUT2D eigenvalue weighted by molar-refractivity contribution is 6.43. The van der Waals surface area contributed by atoms with Crippen LogP contribution >= 0.6 is 0 Å². The number of carboxylic acid groups (broad SMARTS) is 1. The number of likely N-dealkylation sites (tertiary alicyclic amines) is 1. The van der Waals surface area contributed by atoms with Crippen LogP contribution in [0.25, 0.3) is 6.08 Å². The summed E-state index contributed by atoms with van der Waals surface area (Å²) in [6.45, 7) is 2.76. The topological polar surface area (TPSA) is 134 Å². The smallest absolute Gasteiger partial charge is 0.455 e. The number of phenolic OH excluding ortho intramolecular Hbond substituents is 1. The molecule has 3 aliphatic rings. The molecule has 10 heteroatoms. The number of ether oxygens (including phenoxy) is 1.